The predicted octanol–water partition coefficient (Wildman–Crippen LogP) is 4.52. The summed E-state index contributed by atoms with van der Waals surface area (Å²) < 4.78 is 0. The maximum atomic E-state index is 6.26. The molecule has 0 saturated carbocycles. The lowest BCUT2D eigenvalue weighted by Crippen LogP contribution is -2.14. The number of nitrogens with zero attached hydrogens (tertiary/aromatic N) is 1. The molecule has 0 aromatic heterocycles. The van der Waals surface area contributed by atoms with Gasteiger partial charge in [0, 0.05) is 12.1 Å². The zero-order valence-electron chi connectivity index (χ0n) is 11.8. The zero-order valence-corrected chi connectivity index (χ0v) is 12.6. The van der Waals surface area contributed by atoms with Crippen LogP contribution in [0.1, 0.15) is 18.1 Å². The Bertz CT molecular complexity index is 604. The Morgan fingerprint density at radius 2 is 1.85 bits per heavy atom. The number of alkyl halides is 1. The molecule has 0 spiro atoms. The van der Waals surface area contributed by atoms with E-state index in [9.17, 15) is 0 Å². The molecule has 2 aromatic carbocycles. The molecule has 2 aromatic rings. The number of aliphatic imine (C=N–C) groups is 1. The van der Waals surface area contributed by atoms with Gasteiger partial charge < -0.3 is 5.73 Å². The summed E-state index contributed by atoms with van der Waals surface area (Å²) >= 11 is 6.26. The first-order valence-corrected chi connectivity index (χ1v) is 7.12. The SMILES string of the molecule is Cc1cccc(N=C(Cc2ccccc2)C(C)Cl)c1N. The van der Waals surface area contributed by atoms with Crippen LogP contribution in [0.2, 0.25) is 0 Å². The van der Waals surface area contributed by atoms with Crippen LogP contribution in [0.3, 0.4) is 0 Å². The minimum Gasteiger partial charge on any atom is -0.397 e. The smallest absolute Gasteiger partial charge is 0.0861 e. The Balaban J connectivity index is 2.33. The summed E-state index contributed by atoms with van der Waals surface area (Å²) in [6.07, 6.45) is 0.735. The summed E-state index contributed by atoms with van der Waals surface area (Å²) in [5, 5.41) is -0.130. The largest absolute Gasteiger partial charge is 0.397 e. The van der Waals surface area contributed by atoms with Gasteiger partial charge in [0.1, 0.15) is 0 Å². The van der Waals surface area contributed by atoms with Crippen LogP contribution < -0.4 is 5.73 Å². The van der Waals surface area contributed by atoms with Crippen molar-refractivity contribution in [3.63, 3.8) is 0 Å². The van der Waals surface area contributed by atoms with E-state index in [1.165, 1.54) is 5.56 Å². The van der Waals surface area contributed by atoms with E-state index in [2.05, 4.69) is 17.1 Å². The minimum absolute atomic E-state index is 0.130. The van der Waals surface area contributed by atoms with Gasteiger partial charge in [0.05, 0.1) is 16.8 Å². The first-order chi connectivity index (χ1) is 9.58. The van der Waals surface area contributed by atoms with Crippen molar-refractivity contribution in [3.05, 3.63) is 59.7 Å². The van der Waals surface area contributed by atoms with Crippen molar-refractivity contribution in [3.8, 4) is 0 Å². The van der Waals surface area contributed by atoms with Crippen LogP contribution in [0.25, 0.3) is 0 Å². The Kier molecular flexibility index (Phi) is 4.80. The topological polar surface area (TPSA) is 38.4 Å². The van der Waals surface area contributed by atoms with Crippen molar-refractivity contribution >= 4 is 28.7 Å². The van der Waals surface area contributed by atoms with Gasteiger partial charge in [0.2, 0.25) is 0 Å². The molecule has 0 bridgehead atoms. The summed E-state index contributed by atoms with van der Waals surface area (Å²) in [7, 11) is 0. The Morgan fingerprint density at radius 1 is 1.15 bits per heavy atom. The van der Waals surface area contributed by atoms with Crippen molar-refractivity contribution in [2.45, 2.75) is 25.6 Å². The fraction of sp³-hybridized carbons (Fsp3) is 0.235. The molecule has 0 amide bonds. The van der Waals surface area contributed by atoms with E-state index >= 15 is 0 Å². The first-order valence-electron chi connectivity index (χ1n) is 6.68. The number of hydrogen-bond acceptors (Lipinski definition) is 2. The minimum atomic E-state index is -0.130. The number of nitrogen functional groups attached to an aromatic ring is 1. The molecule has 20 heavy (non-hydrogen) atoms. The third-order valence-corrected chi connectivity index (χ3v) is 3.50. The Morgan fingerprint density at radius 3 is 2.50 bits per heavy atom. The van der Waals surface area contributed by atoms with Gasteiger partial charge in [-0.2, -0.15) is 0 Å². The van der Waals surface area contributed by atoms with E-state index in [1.807, 2.05) is 50.2 Å². The molecule has 0 aliphatic carbocycles. The zero-order chi connectivity index (χ0) is 14.5. The molecule has 0 aliphatic rings. The molecule has 0 radical (unpaired) electrons. The van der Waals surface area contributed by atoms with Gasteiger partial charge in [-0.05, 0) is 31.0 Å². The van der Waals surface area contributed by atoms with E-state index < -0.39 is 0 Å². The summed E-state index contributed by atoms with van der Waals surface area (Å²) in [6.45, 7) is 3.92. The monoisotopic (exact) mass is 286 g/mol. The lowest BCUT2D eigenvalue weighted by molar-refractivity contribution is 1.18. The molecular formula is C17H19ClN2. The maximum absolute atomic E-state index is 6.26. The van der Waals surface area contributed by atoms with E-state index in [0.29, 0.717) is 0 Å². The van der Waals surface area contributed by atoms with Gasteiger partial charge in [-0.3, -0.25) is 4.99 Å². The average molecular weight is 287 g/mol. The van der Waals surface area contributed by atoms with Crippen LogP contribution in [0.5, 0.6) is 0 Å². The third kappa shape index (κ3) is 3.61. The normalized spacial score (nSPS) is 13.2. The van der Waals surface area contributed by atoms with Gasteiger partial charge in [-0.1, -0.05) is 42.5 Å². The quantitative estimate of drug-likeness (QED) is 0.501. The number of benzene rings is 2. The van der Waals surface area contributed by atoms with E-state index in [0.717, 1.165) is 29.1 Å². The summed E-state index contributed by atoms with van der Waals surface area (Å²) in [6, 6.07) is 16.1. The van der Waals surface area contributed by atoms with Crippen molar-refractivity contribution in [1.82, 2.24) is 0 Å². The van der Waals surface area contributed by atoms with Crippen molar-refractivity contribution < 1.29 is 0 Å². The molecule has 104 valence electrons. The van der Waals surface area contributed by atoms with Crippen molar-refractivity contribution in [2.24, 2.45) is 4.99 Å². The summed E-state index contributed by atoms with van der Waals surface area (Å²) in [4.78, 5) is 4.67. The van der Waals surface area contributed by atoms with Gasteiger partial charge in [0.15, 0.2) is 0 Å². The number of rotatable bonds is 4. The number of para-hydroxylation sites is 1. The summed E-state index contributed by atoms with van der Waals surface area (Å²) in [5.74, 6) is 0. The molecule has 0 saturated heterocycles. The summed E-state index contributed by atoms with van der Waals surface area (Å²) in [5.41, 5.74) is 10.7. The molecule has 1 unspecified atom stereocenters. The lowest BCUT2D eigenvalue weighted by atomic mass is 10.1. The van der Waals surface area contributed by atoms with Gasteiger partial charge in [-0.25, -0.2) is 0 Å². The maximum Gasteiger partial charge on any atom is 0.0861 e. The molecule has 1 atom stereocenters. The molecule has 3 heteroatoms. The van der Waals surface area contributed by atoms with Gasteiger partial charge in [0.25, 0.3) is 0 Å². The van der Waals surface area contributed by atoms with Crippen LogP contribution >= 0.6 is 11.6 Å². The van der Waals surface area contributed by atoms with Gasteiger partial charge in [-0.15, -0.1) is 11.6 Å². The standard InChI is InChI=1S/C17H19ClN2/c1-12-7-6-10-15(17(12)19)20-16(13(2)18)11-14-8-4-3-5-9-14/h3-10,13H,11,19H2,1-2H3. The fourth-order valence-electron chi connectivity index (χ4n) is 1.99. The highest BCUT2D eigenvalue weighted by Crippen LogP contribution is 2.26. The van der Waals surface area contributed by atoms with Crippen molar-refractivity contribution in [2.75, 3.05) is 5.73 Å². The third-order valence-electron chi connectivity index (χ3n) is 3.25. The van der Waals surface area contributed by atoms with Crippen molar-refractivity contribution in [1.29, 1.82) is 0 Å². The van der Waals surface area contributed by atoms with Gasteiger partial charge >= 0.3 is 0 Å². The van der Waals surface area contributed by atoms with Crippen LogP contribution in [0.15, 0.2) is 53.5 Å². The second-order valence-corrected chi connectivity index (χ2v) is 5.54. The molecule has 0 fully saturated rings. The highest BCUT2D eigenvalue weighted by atomic mass is 35.5. The van der Waals surface area contributed by atoms with Crippen LogP contribution in [0, 0.1) is 6.92 Å². The van der Waals surface area contributed by atoms with E-state index in [4.69, 9.17) is 17.3 Å². The number of aryl methyl sites for hydroxylation is 1. The molecule has 2 rings (SSSR count). The lowest BCUT2D eigenvalue weighted by Gasteiger charge is -2.11. The number of nitrogens with two attached hydrogens (primary N) is 1. The number of halogens is 1. The fourth-order valence-corrected chi connectivity index (χ4v) is 2.12. The Hall–Kier alpha value is -1.80. The predicted molar refractivity (Wildman–Crippen MR) is 88.1 cm³/mol. The average Bonchev–Trinajstić information content (AvgIpc) is 2.44. The van der Waals surface area contributed by atoms with Crippen LogP contribution in [-0.2, 0) is 6.42 Å². The second-order valence-electron chi connectivity index (χ2n) is 4.89. The van der Waals surface area contributed by atoms with Crippen LogP contribution in [0.4, 0.5) is 11.4 Å². The second kappa shape index (κ2) is 6.58. The van der Waals surface area contributed by atoms with E-state index in [1.54, 1.807) is 0 Å². The number of anilines is 1. The molecule has 0 aliphatic heterocycles. The molecule has 2 nitrogen and oxygen atoms in total. The molecular weight excluding hydrogens is 268 g/mol. The van der Waals surface area contributed by atoms with E-state index in [-0.39, 0.29) is 5.38 Å². The molecule has 2 N–H and O–H groups in total. The number of hydrogen-bond donors (Lipinski definition) is 1. The molecule has 0 heterocycles. The Labute approximate surface area is 125 Å². The highest BCUT2D eigenvalue weighted by Gasteiger charge is 2.10. The first kappa shape index (κ1) is 14.6. The highest BCUT2D eigenvalue weighted by molar-refractivity contribution is 6.32. The van der Waals surface area contributed by atoms with Crippen LogP contribution in [-0.4, -0.2) is 11.1 Å².